The molecule has 1 aliphatic carbocycles. The molecule has 1 radical (unpaired) electrons. The molecular formula is C17H11FIrN-. The molecule has 0 amide bonds. The number of pyridine rings is 1. The Bertz CT molecular complexity index is 806. The first-order valence-electron chi connectivity index (χ1n) is 6.28. The van der Waals surface area contributed by atoms with Crippen LogP contribution in [0.1, 0.15) is 18.1 Å². The van der Waals surface area contributed by atoms with Crippen LogP contribution in [0, 0.1) is 6.07 Å². The molecule has 1 atom stereocenters. The third-order valence-electron chi connectivity index (χ3n) is 3.90. The maximum Gasteiger partial charge on any atom is 0.125 e. The molecular weight excluding hydrogens is 429 g/mol. The molecule has 0 fully saturated rings. The van der Waals surface area contributed by atoms with Crippen molar-refractivity contribution in [1.82, 2.24) is 4.98 Å². The fraction of sp³-hybridized carbons (Fsp3) is 0.118. The smallest absolute Gasteiger partial charge is 0.125 e. The standard InChI is InChI=1S/C17H11FN.Ir/c1-17(18)13-7-3-2-6-12(13)16-15-11(9-10-19-16)5-4-8-14(15)17;/h2-5,7-10H,1H3;/q-1;. The van der Waals surface area contributed by atoms with Crippen molar-refractivity contribution in [2.24, 2.45) is 0 Å². The van der Waals surface area contributed by atoms with Crippen LogP contribution in [0.15, 0.2) is 48.7 Å². The third kappa shape index (κ3) is 1.60. The number of fused-ring (bicyclic) bond motifs is 2. The summed E-state index contributed by atoms with van der Waals surface area (Å²) in [4.78, 5) is 4.45. The van der Waals surface area contributed by atoms with Gasteiger partial charge in [0.2, 0.25) is 0 Å². The van der Waals surface area contributed by atoms with Crippen LogP contribution in [0.5, 0.6) is 0 Å². The van der Waals surface area contributed by atoms with Crippen molar-refractivity contribution in [2.45, 2.75) is 12.6 Å². The first kappa shape index (κ1) is 13.4. The van der Waals surface area contributed by atoms with Crippen LogP contribution < -0.4 is 0 Å². The maximum absolute atomic E-state index is 15.3. The van der Waals surface area contributed by atoms with Gasteiger partial charge in [0.15, 0.2) is 0 Å². The first-order valence-corrected chi connectivity index (χ1v) is 6.28. The Morgan fingerprint density at radius 3 is 2.75 bits per heavy atom. The molecule has 0 bridgehead atoms. The molecule has 1 unspecified atom stereocenters. The molecule has 0 N–H and O–H groups in total. The Morgan fingerprint density at radius 2 is 1.90 bits per heavy atom. The van der Waals surface area contributed by atoms with Gasteiger partial charge in [-0.3, -0.25) is 0 Å². The van der Waals surface area contributed by atoms with E-state index in [-0.39, 0.29) is 20.1 Å². The van der Waals surface area contributed by atoms with Crippen LogP contribution in [-0.4, -0.2) is 4.98 Å². The van der Waals surface area contributed by atoms with Gasteiger partial charge >= 0.3 is 0 Å². The van der Waals surface area contributed by atoms with Gasteiger partial charge in [0, 0.05) is 26.3 Å². The molecule has 0 spiro atoms. The van der Waals surface area contributed by atoms with E-state index >= 15 is 4.39 Å². The molecule has 3 aromatic rings. The van der Waals surface area contributed by atoms with E-state index in [9.17, 15) is 0 Å². The summed E-state index contributed by atoms with van der Waals surface area (Å²) in [5.74, 6) is 0. The van der Waals surface area contributed by atoms with Gasteiger partial charge < -0.3 is 4.98 Å². The zero-order chi connectivity index (χ0) is 13.0. The number of hydrogen-bond acceptors (Lipinski definition) is 1. The van der Waals surface area contributed by atoms with Crippen molar-refractivity contribution < 1.29 is 24.5 Å². The number of hydrogen-bond donors (Lipinski definition) is 0. The molecule has 4 rings (SSSR count). The minimum atomic E-state index is -1.50. The van der Waals surface area contributed by atoms with E-state index in [1.54, 1.807) is 13.1 Å². The second-order valence-electron chi connectivity index (χ2n) is 5.03. The summed E-state index contributed by atoms with van der Waals surface area (Å²) in [6.45, 7) is 1.62. The number of rotatable bonds is 0. The monoisotopic (exact) mass is 441 g/mol. The minimum Gasteiger partial charge on any atom is -0.304 e. The fourth-order valence-electron chi connectivity index (χ4n) is 2.98. The first-order chi connectivity index (χ1) is 9.19. The van der Waals surface area contributed by atoms with Gasteiger partial charge in [-0.2, -0.15) is 0 Å². The second kappa shape index (κ2) is 4.47. The van der Waals surface area contributed by atoms with Gasteiger partial charge in [-0.25, -0.2) is 4.39 Å². The van der Waals surface area contributed by atoms with Crippen LogP contribution in [0.3, 0.4) is 0 Å². The summed E-state index contributed by atoms with van der Waals surface area (Å²) in [6, 6.07) is 16.3. The van der Waals surface area contributed by atoms with Gasteiger partial charge in [-0.1, -0.05) is 23.8 Å². The van der Waals surface area contributed by atoms with Crippen molar-refractivity contribution in [3.63, 3.8) is 0 Å². The summed E-state index contributed by atoms with van der Waals surface area (Å²) in [7, 11) is 0. The summed E-state index contributed by atoms with van der Waals surface area (Å²) >= 11 is 0. The van der Waals surface area contributed by atoms with E-state index in [0.29, 0.717) is 11.1 Å². The molecule has 20 heavy (non-hydrogen) atoms. The average Bonchev–Trinajstić information content (AvgIpc) is 2.45. The molecule has 1 aliphatic rings. The van der Waals surface area contributed by atoms with E-state index in [1.807, 2.05) is 42.5 Å². The largest absolute Gasteiger partial charge is 0.304 e. The third-order valence-corrected chi connectivity index (χ3v) is 3.90. The Labute approximate surface area is 130 Å². The van der Waals surface area contributed by atoms with Crippen molar-refractivity contribution in [2.75, 3.05) is 0 Å². The van der Waals surface area contributed by atoms with Gasteiger partial charge in [-0.05, 0) is 35.0 Å². The summed E-state index contributed by atoms with van der Waals surface area (Å²) in [5.41, 5.74) is 1.45. The second-order valence-corrected chi connectivity index (χ2v) is 5.03. The summed E-state index contributed by atoms with van der Waals surface area (Å²) < 4.78 is 15.3. The Morgan fingerprint density at radius 1 is 1.10 bits per heavy atom. The Kier molecular flexibility index (Phi) is 3.00. The van der Waals surface area contributed by atoms with Gasteiger partial charge in [0.1, 0.15) is 5.67 Å². The molecule has 0 saturated carbocycles. The van der Waals surface area contributed by atoms with Crippen LogP contribution >= 0.6 is 0 Å². The molecule has 0 saturated heterocycles. The van der Waals surface area contributed by atoms with Crippen molar-refractivity contribution >= 4 is 10.8 Å². The predicted octanol–water partition coefficient (Wildman–Crippen LogP) is 4.25. The average molecular weight is 440 g/mol. The normalized spacial score (nSPS) is 19.3. The number of aromatic nitrogens is 1. The van der Waals surface area contributed by atoms with Gasteiger partial charge in [0.25, 0.3) is 0 Å². The summed E-state index contributed by atoms with van der Waals surface area (Å²) in [6.07, 6.45) is 1.77. The van der Waals surface area contributed by atoms with E-state index in [1.165, 1.54) is 0 Å². The molecule has 3 heteroatoms. The number of benzene rings is 2. The van der Waals surface area contributed by atoms with Gasteiger partial charge in [0.05, 0.1) is 0 Å². The van der Waals surface area contributed by atoms with Crippen molar-refractivity contribution in [3.05, 3.63) is 65.9 Å². The Balaban J connectivity index is 0.00000121. The van der Waals surface area contributed by atoms with Crippen LogP contribution in [-0.2, 0) is 25.8 Å². The minimum absolute atomic E-state index is 0. The van der Waals surface area contributed by atoms with Crippen LogP contribution in [0.2, 0.25) is 0 Å². The number of alkyl halides is 1. The topological polar surface area (TPSA) is 12.9 Å². The van der Waals surface area contributed by atoms with Gasteiger partial charge in [-0.15, -0.1) is 29.8 Å². The van der Waals surface area contributed by atoms with E-state index < -0.39 is 5.67 Å². The van der Waals surface area contributed by atoms with E-state index in [4.69, 9.17) is 0 Å². The fourth-order valence-corrected chi connectivity index (χ4v) is 2.98. The van der Waals surface area contributed by atoms with E-state index in [0.717, 1.165) is 22.0 Å². The Hall–Kier alpha value is -1.57. The van der Waals surface area contributed by atoms with Crippen molar-refractivity contribution in [1.29, 1.82) is 0 Å². The molecule has 1 nitrogen and oxygen atoms in total. The molecule has 2 aromatic carbocycles. The quantitative estimate of drug-likeness (QED) is 0.477. The molecule has 101 valence electrons. The molecule has 0 aliphatic heterocycles. The zero-order valence-corrected chi connectivity index (χ0v) is 13.2. The predicted molar refractivity (Wildman–Crippen MR) is 73.6 cm³/mol. The van der Waals surface area contributed by atoms with Crippen molar-refractivity contribution in [3.8, 4) is 11.3 Å². The SMILES string of the molecule is CC1(F)c2ccc[c-]c2-c2nccc3cccc1c23.[Ir]. The van der Waals surface area contributed by atoms with Crippen LogP contribution in [0.25, 0.3) is 22.0 Å². The molecule has 1 aromatic heterocycles. The van der Waals surface area contributed by atoms with E-state index in [2.05, 4.69) is 11.1 Å². The zero-order valence-electron chi connectivity index (χ0n) is 10.8. The molecule has 1 heterocycles. The number of halogens is 1. The summed E-state index contributed by atoms with van der Waals surface area (Å²) in [5, 5.41) is 1.93. The number of nitrogens with zero attached hydrogens (tertiary/aromatic N) is 1. The van der Waals surface area contributed by atoms with Crippen LogP contribution in [0.4, 0.5) is 4.39 Å². The maximum atomic E-state index is 15.3.